The zero-order chi connectivity index (χ0) is 16.5. The van der Waals surface area contributed by atoms with Crippen LogP contribution < -0.4 is 5.32 Å². The van der Waals surface area contributed by atoms with E-state index in [0.717, 1.165) is 10.2 Å². The number of thiazole rings is 1. The maximum atomic E-state index is 12.6. The minimum Gasteiger partial charge on any atom is -0.298 e. The van der Waals surface area contributed by atoms with E-state index < -0.39 is 0 Å². The van der Waals surface area contributed by atoms with Gasteiger partial charge in [-0.15, -0.1) is 5.10 Å². The van der Waals surface area contributed by atoms with Crippen LogP contribution >= 0.6 is 22.9 Å². The van der Waals surface area contributed by atoms with E-state index in [1.807, 2.05) is 18.2 Å². The van der Waals surface area contributed by atoms with Crippen molar-refractivity contribution in [3.05, 3.63) is 59.4 Å². The first-order valence-corrected chi connectivity index (χ1v) is 8.10. The van der Waals surface area contributed by atoms with E-state index >= 15 is 0 Å². The van der Waals surface area contributed by atoms with Crippen LogP contribution in [-0.2, 0) is 0 Å². The molecular formula is C15H9ClN6OS. The molecule has 9 heteroatoms. The first kappa shape index (κ1) is 14.7. The smallest absolute Gasteiger partial charge is 0.259 e. The summed E-state index contributed by atoms with van der Waals surface area (Å²) in [5, 5.41) is 15.0. The number of para-hydroxylation sites is 1. The number of hydrogen-bond donors (Lipinski definition) is 1. The van der Waals surface area contributed by atoms with Crippen molar-refractivity contribution in [2.45, 2.75) is 0 Å². The Kier molecular flexibility index (Phi) is 3.68. The van der Waals surface area contributed by atoms with Gasteiger partial charge in [-0.25, -0.2) is 4.98 Å². The summed E-state index contributed by atoms with van der Waals surface area (Å²) in [7, 11) is 0. The Labute approximate surface area is 144 Å². The fourth-order valence-electron chi connectivity index (χ4n) is 2.25. The third-order valence-electron chi connectivity index (χ3n) is 3.32. The summed E-state index contributed by atoms with van der Waals surface area (Å²) in [5.74, 6) is -0.286. The lowest BCUT2D eigenvalue weighted by Crippen LogP contribution is -2.15. The molecular weight excluding hydrogens is 348 g/mol. The third-order valence-corrected chi connectivity index (χ3v) is 4.48. The largest absolute Gasteiger partial charge is 0.298 e. The topological polar surface area (TPSA) is 85.6 Å². The van der Waals surface area contributed by atoms with Gasteiger partial charge in [-0.3, -0.25) is 10.1 Å². The van der Waals surface area contributed by atoms with E-state index in [2.05, 4.69) is 25.8 Å². The quantitative estimate of drug-likeness (QED) is 0.609. The van der Waals surface area contributed by atoms with Crippen LogP contribution in [0.4, 0.5) is 5.13 Å². The van der Waals surface area contributed by atoms with E-state index in [-0.39, 0.29) is 5.91 Å². The van der Waals surface area contributed by atoms with Crippen LogP contribution in [0, 0.1) is 0 Å². The standard InChI is InChI=1S/C15H9ClN6OS/c16-9-5-6-11-13(7-9)24-15(18-11)19-14(23)10-3-1-2-4-12(10)22-8-17-20-21-22/h1-8H,(H,18,19,23). The molecule has 7 nitrogen and oxygen atoms in total. The Morgan fingerprint density at radius 2 is 2.08 bits per heavy atom. The van der Waals surface area contributed by atoms with Crippen LogP contribution in [0.5, 0.6) is 0 Å². The Balaban J connectivity index is 1.67. The Bertz CT molecular complexity index is 1030. The second-order valence-electron chi connectivity index (χ2n) is 4.86. The molecule has 0 unspecified atom stereocenters. The van der Waals surface area contributed by atoms with E-state index in [4.69, 9.17) is 11.6 Å². The van der Waals surface area contributed by atoms with E-state index in [1.165, 1.54) is 22.3 Å². The van der Waals surface area contributed by atoms with Crippen LogP contribution in [0.25, 0.3) is 15.9 Å². The molecule has 0 saturated carbocycles. The number of amides is 1. The zero-order valence-electron chi connectivity index (χ0n) is 12.0. The maximum absolute atomic E-state index is 12.6. The van der Waals surface area contributed by atoms with Gasteiger partial charge in [0.15, 0.2) is 5.13 Å². The van der Waals surface area contributed by atoms with Crippen molar-refractivity contribution in [1.29, 1.82) is 0 Å². The van der Waals surface area contributed by atoms with Gasteiger partial charge in [0.25, 0.3) is 5.91 Å². The number of halogens is 1. The molecule has 0 atom stereocenters. The summed E-state index contributed by atoms with van der Waals surface area (Å²) >= 11 is 7.34. The highest BCUT2D eigenvalue weighted by molar-refractivity contribution is 7.22. The fourth-order valence-corrected chi connectivity index (χ4v) is 3.39. The van der Waals surface area contributed by atoms with Crippen molar-refractivity contribution in [1.82, 2.24) is 25.2 Å². The monoisotopic (exact) mass is 356 g/mol. The summed E-state index contributed by atoms with van der Waals surface area (Å²) in [6.45, 7) is 0. The molecule has 0 spiro atoms. The van der Waals surface area contributed by atoms with Crippen LogP contribution in [-0.4, -0.2) is 31.1 Å². The van der Waals surface area contributed by atoms with Gasteiger partial charge in [0.2, 0.25) is 0 Å². The van der Waals surface area contributed by atoms with E-state index in [9.17, 15) is 4.79 Å². The van der Waals surface area contributed by atoms with Crippen LogP contribution in [0.3, 0.4) is 0 Å². The average Bonchev–Trinajstić information content (AvgIpc) is 3.23. The van der Waals surface area contributed by atoms with Crippen molar-refractivity contribution in [2.75, 3.05) is 5.32 Å². The number of carbonyl (C=O) groups is 1. The highest BCUT2D eigenvalue weighted by atomic mass is 35.5. The number of rotatable bonds is 3. The molecule has 2 aromatic heterocycles. The molecule has 24 heavy (non-hydrogen) atoms. The Hall–Kier alpha value is -2.84. The maximum Gasteiger partial charge on any atom is 0.259 e. The van der Waals surface area contributed by atoms with Crippen LogP contribution in [0.1, 0.15) is 10.4 Å². The number of fused-ring (bicyclic) bond motifs is 1. The lowest BCUT2D eigenvalue weighted by molar-refractivity contribution is 0.102. The summed E-state index contributed by atoms with van der Waals surface area (Å²) in [5.41, 5.74) is 1.82. The van der Waals surface area contributed by atoms with E-state index in [0.29, 0.717) is 21.4 Å². The molecule has 1 N–H and O–H groups in total. The first-order chi connectivity index (χ1) is 11.7. The number of nitrogens with one attached hydrogen (secondary N) is 1. The van der Waals surface area contributed by atoms with Gasteiger partial charge in [-0.1, -0.05) is 35.1 Å². The molecule has 1 amide bonds. The number of carbonyl (C=O) groups excluding carboxylic acids is 1. The third kappa shape index (κ3) is 2.72. The molecule has 0 bridgehead atoms. The van der Waals surface area contributed by atoms with Crippen LogP contribution in [0.2, 0.25) is 5.02 Å². The Morgan fingerprint density at radius 1 is 1.21 bits per heavy atom. The molecule has 0 saturated heterocycles. The number of tetrazole rings is 1. The predicted molar refractivity (Wildman–Crippen MR) is 91.7 cm³/mol. The SMILES string of the molecule is O=C(Nc1nc2ccc(Cl)cc2s1)c1ccccc1-n1cnnn1. The van der Waals surface area contributed by atoms with Crippen molar-refractivity contribution >= 4 is 44.2 Å². The lowest BCUT2D eigenvalue weighted by Gasteiger charge is -2.07. The molecule has 118 valence electrons. The molecule has 4 aromatic rings. The number of aromatic nitrogens is 5. The van der Waals surface area contributed by atoms with Gasteiger partial charge in [0.1, 0.15) is 6.33 Å². The predicted octanol–water partition coefficient (Wildman–Crippen LogP) is 3.18. The number of anilines is 1. The van der Waals surface area contributed by atoms with Gasteiger partial charge in [0, 0.05) is 5.02 Å². The second kappa shape index (κ2) is 5.99. The highest BCUT2D eigenvalue weighted by Crippen LogP contribution is 2.28. The van der Waals surface area contributed by atoms with Crippen molar-refractivity contribution in [3.63, 3.8) is 0 Å². The molecule has 0 aliphatic carbocycles. The number of nitrogens with zero attached hydrogens (tertiary/aromatic N) is 5. The van der Waals surface area contributed by atoms with Gasteiger partial charge in [-0.05, 0) is 40.8 Å². The minimum atomic E-state index is -0.286. The summed E-state index contributed by atoms with van der Waals surface area (Å²) in [6, 6.07) is 12.5. The second-order valence-corrected chi connectivity index (χ2v) is 6.32. The first-order valence-electron chi connectivity index (χ1n) is 6.90. The normalized spacial score (nSPS) is 10.9. The van der Waals surface area contributed by atoms with E-state index in [1.54, 1.807) is 24.3 Å². The van der Waals surface area contributed by atoms with Crippen molar-refractivity contribution < 1.29 is 4.79 Å². The van der Waals surface area contributed by atoms with Crippen molar-refractivity contribution in [2.24, 2.45) is 0 Å². The fraction of sp³-hybridized carbons (Fsp3) is 0. The van der Waals surface area contributed by atoms with Crippen molar-refractivity contribution in [3.8, 4) is 5.69 Å². The lowest BCUT2D eigenvalue weighted by atomic mass is 10.1. The minimum absolute atomic E-state index is 0.286. The van der Waals surface area contributed by atoms with Gasteiger partial charge >= 0.3 is 0 Å². The van der Waals surface area contributed by atoms with Crippen LogP contribution in [0.15, 0.2) is 48.8 Å². The molecule has 0 radical (unpaired) electrons. The summed E-state index contributed by atoms with van der Waals surface area (Å²) < 4.78 is 2.35. The number of hydrogen-bond acceptors (Lipinski definition) is 6. The molecule has 0 fully saturated rings. The van der Waals surface area contributed by atoms with Gasteiger partial charge in [-0.2, -0.15) is 4.68 Å². The Morgan fingerprint density at radius 3 is 2.92 bits per heavy atom. The average molecular weight is 357 g/mol. The van der Waals surface area contributed by atoms with Gasteiger partial charge < -0.3 is 0 Å². The van der Waals surface area contributed by atoms with Gasteiger partial charge in [0.05, 0.1) is 21.5 Å². The molecule has 2 heterocycles. The number of benzene rings is 2. The molecule has 2 aromatic carbocycles. The molecule has 0 aliphatic rings. The molecule has 0 aliphatic heterocycles. The summed E-state index contributed by atoms with van der Waals surface area (Å²) in [6.07, 6.45) is 1.44. The highest BCUT2D eigenvalue weighted by Gasteiger charge is 2.15. The summed E-state index contributed by atoms with van der Waals surface area (Å²) in [4.78, 5) is 17.0. The zero-order valence-corrected chi connectivity index (χ0v) is 13.6. The molecule has 4 rings (SSSR count).